The second-order valence-corrected chi connectivity index (χ2v) is 1.98. The van der Waals surface area contributed by atoms with Crippen molar-refractivity contribution < 1.29 is 0 Å². The molecule has 8 heavy (non-hydrogen) atoms. The lowest BCUT2D eigenvalue weighted by atomic mass is 10.2. The third-order valence-electron chi connectivity index (χ3n) is 0.836. The van der Waals surface area contributed by atoms with Gasteiger partial charge in [0, 0.05) is 11.1 Å². The Morgan fingerprint density at radius 3 is 2.75 bits per heavy atom. The van der Waals surface area contributed by atoms with Crippen molar-refractivity contribution in [1.82, 2.24) is 0 Å². The first-order chi connectivity index (χ1) is 3.79. The molecule has 0 saturated heterocycles. The van der Waals surface area contributed by atoms with Crippen LogP contribution in [-0.2, 0) is 0 Å². The highest BCUT2D eigenvalue weighted by Crippen LogP contribution is 2.06. The Hall–Kier alpha value is -0.490. The summed E-state index contributed by atoms with van der Waals surface area (Å²) in [6.07, 6.45) is 0. The molecule has 0 heterocycles. The Bertz CT molecular complexity index is 164. The van der Waals surface area contributed by atoms with E-state index in [-0.39, 0.29) is 0 Å². The van der Waals surface area contributed by atoms with E-state index in [9.17, 15) is 0 Å². The van der Waals surface area contributed by atoms with E-state index in [1.807, 2.05) is 6.92 Å². The highest BCUT2D eigenvalue weighted by molar-refractivity contribution is 6.30. The number of benzene rings is 1. The molecule has 0 aliphatic carbocycles. The van der Waals surface area contributed by atoms with Gasteiger partial charge in [0.05, 0.1) is 0 Å². The van der Waals surface area contributed by atoms with Gasteiger partial charge in [-0.15, -0.1) is 0 Å². The molecular weight excluding hydrogens is 120 g/mol. The largest absolute Gasteiger partial charge is 0.0837 e. The van der Waals surface area contributed by atoms with Crippen molar-refractivity contribution in [3.05, 3.63) is 34.9 Å². The van der Waals surface area contributed by atoms with Crippen molar-refractivity contribution in [3.8, 4) is 0 Å². The minimum absolute atomic E-state index is 0.654. The van der Waals surface area contributed by atoms with Crippen molar-refractivity contribution >= 4 is 11.6 Å². The molecule has 0 nitrogen and oxygen atoms in total. The summed E-state index contributed by atoms with van der Waals surface area (Å²) >= 11 is 5.57. The van der Waals surface area contributed by atoms with Crippen molar-refractivity contribution in [2.45, 2.75) is 6.92 Å². The molecule has 0 atom stereocenters. The lowest BCUT2D eigenvalue weighted by Gasteiger charge is -1.86. The van der Waals surface area contributed by atoms with E-state index in [4.69, 9.17) is 11.6 Å². The van der Waals surface area contributed by atoms with Crippen LogP contribution in [0.15, 0.2) is 12.1 Å². The van der Waals surface area contributed by atoms with Gasteiger partial charge in [-0.25, -0.2) is 0 Å². The molecule has 0 unspecified atom stereocenters. The topological polar surface area (TPSA) is 0 Å². The van der Waals surface area contributed by atoms with Crippen LogP contribution in [0.25, 0.3) is 0 Å². The Morgan fingerprint density at radius 2 is 2.38 bits per heavy atom. The summed E-state index contributed by atoms with van der Waals surface area (Å²) in [5, 5.41) is 0.654. The maximum Gasteiger partial charge on any atom is 0.0488 e. The molecule has 0 bridgehead atoms. The van der Waals surface area contributed by atoms with Crippen LogP contribution in [0.4, 0.5) is 0 Å². The molecule has 1 heteroatoms. The van der Waals surface area contributed by atoms with Crippen LogP contribution in [0, 0.1) is 19.1 Å². The lowest BCUT2D eigenvalue weighted by molar-refractivity contribution is 1.45. The highest BCUT2D eigenvalue weighted by atomic mass is 35.5. The average Bonchev–Trinajstić information content (AvgIpc) is 1.64. The minimum Gasteiger partial charge on any atom is -0.0837 e. The van der Waals surface area contributed by atoms with E-state index in [0.29, 0.717) is 5.02 Å². The van der Waals surface area contributed by atoms with E-state index in [1.165, 1.54) is 0 Å². The molecule has 40 valence electrons. The number of hydrogen-bond acceptors (Lipinski definition) is 0. The van der Waals surface area contributed by atoms with Crippen molar-refractivity contribution in [3.63, 3.8) is 0 Å². The number of hydrogen-bond donors (Lipinski definition) is 0. The van der Waals surface area contributed by atoms with Gasteiger partial charge in [-0.1, -0.05) is 17.7 Å². The van der Waals surface area contributed by atoms with E-state index >= 15 is 0 Å². The second kappa shape index (κ2) is 2.19. The maximum atomic E-state index is 5.57. The Labute approximate surface area is 54.1 Å². The SMILES string of the molecule is Cc1[c]ccc(Cl)[c]1. The van der Waals surface area contributed by atoms with Gasteiger partial charge < -0.3 is 0 Å². The van der Waals surface area contributed by atoms with Crippen LogP contribution in [0.5, 0.6) is 0 Å². The fourth-order valence-corrected chi connectivity index (χ4v) is 0.701. The molecule has 0 aromatic heterocycles. The summed E-state index contributed by atoms with van der Waals surface area (Å²) in [4.78, 5) is 0. The van der Waals surface area contributed by atoms with E-state index in [2.05, 4.69) is 12.1 Å². The van der Waals surface area contributed by atoms with Gasteiger partial charge in [-0.05, 0) is 24.6 Å². The molecule has 0 N–H and O–H groups in total. The fourth-order valence-electron chi connectivity index (χ4n) is 0.497. The molecule has 1 rings (SSSR count). The first-order valence-electron chi connectivity index (χ1n) is 2.35. The molecule has 0 amide bonds. The van der Waals surface area contributed by atoms with Crippen LogP contribution in [0.3, 0.4) is 0 Å². The lowest BCUT2D eigenvalue weighted by Crippen LogP contribution is -1.69. The van der Waals surface area contributed by atoms with Crippen LogP contribution in [0.2, 0.25) is 5.02 Å². The molecule has 1 aromatic rings. The van der Waals surface area contributed by atoms with E-state index in [0.717, 1.165) is 5.56 Å². The smallest absolute Gasteiger partial charge is 0.0488 e. The monoisotopic (exact) mass is 124 g/mol. The van der Waals surface area contributed by atoms with Gasteiger partial charge in [-0.2, -0.15) is 0 Å². The van der Waals surface area contributed by atoms with Crippen LogP contribution in [-0.4, -0.2) is 0 Å². The van der Waals surface area contributed by atoms with Crippen LogP contribution >= 0.6 is 11.6 Å². The third-order valence-corrected chi connectivity index (χ3v) is 1.06. The zero-order valence-corrected chi connectivity index (χ0v) is 5.29. The highest BCUT2D eigenvalue weighted by Gasteiger charge is 1.84. The maximum absolute atomic E-state index is 5.57. The van der Waals surface area contributed by atoms with Crippen molar-refractivity contribution in [2.75, 3.05) is 0 Å². The molecule has 0 aliphatic heterocycles. The first kappa shape index (κ1) is 5.64. The molecule has 2 radical (unpaired) electrons. The summed E-state index contributed by atoms with van der Waals surface area (Å²) in [5.41, 5.74) is 0.956. The van der Waals surface area contributed by atoms with Crippen molar-refractivity contribution in [2.24, 2.45) is 0 Å². The summed E-state index contributed by atoms with van der Waals surface area (Å²) in [5.74, 6) is 0. The summed E-state index contributed by atoms with van der Waals surface area (Å²) in [6, 6.07) is 9.36. The molecular formula is C7H5Cl. The normalized spacial score (nSPS) is 9.25. The summed E-state index contributed by atoms with van der Waals surface area (Å²) < 4.78 is 0. The average molecular weight is 125 g/mol. The van der Waals surface area contributed by atoms with Crippen molar-refractivity contribution in [1.29, 1.82) is 0 Å². The predicted octanol–water partition coefficient (Wildman–Crippen LogP) is 2.25. The van der Waals surface area contributed by atoms with E-state index in [1.54, 1.807) is 12.1 Å². The van der Waals surface area contributed by atoms with Gasteiger partial charge in [-0.3, -0.25) is 0 Å². The third kappa shape index (κ3) is 1.24. The summed E-state index contributed by atoms with van der Waals surface area (Å²) in [6.45, 7) is 1.91. The molecule has 0 aliphatic rings. The Morgan fingerprint density at radius 1 is 1.62 bits per heavy atom. The molecule has 0 fully saturated rings. The summed E-state index contributed by atoms with van der Waals surface area (Å²) in [7, 11) is 0. The number of aryl methyl sites for hydroxylation is 1. The molecule has 0 spiro atoms. The van der Waals surface area contributed by atoms with Crippen LogP contribution < -0.4 is 0 Å². The predicted molar refractivity (Wildman–Crippen MR) is 33.9 cm³/mol. The van der Waals surface area contributed by atoms with Crippen LogP contribution in [0.1, 0.15) is 5.56 Å². The second-order valence-electron chi connectivity index (χ2n) is 1.58. The first-order valence-corrected chi connectivity index (χ1v) is 2.73. The molecule has 0 saturated carbocycles. The van der Waals surface area contributed by atoms with Gasteiger partial charge in [0.2, 0.25) is 0 Å². The van der Waals surface area contributed by atoms with E-state index < -0.39 is 0 Å². The minimum atomic E-state index is 0.654. The Balaban J connectivity index is 3.08. The number of halogens is 1. The quantitative estimate of drug-likeness (QED) is 0.498. The number of rotatable bonds is 0. The van der Waals surface area contributed by atoms with Gasteiger partial charge in [0.1, 0.15) is 0 Å². The van der Waals surface area contributed by atoms with Gasteiger partial charge in [0.25, 0.3) is 0 Å². The Kier molecular flexibility index (Phi) is 1.54. The zero-order chi connectivity index (χ0) is 5.98. The standard InChI is InChI=1S/C7H5Cl/c1-6-3-2-4-7(8)5-6/h2,4H,1H3. The van der Waals surface area contributed by atoms with Gasteiger partial charge in [0.15, 0.2) is 0 Å². The van der Waals surface area contributed by atoms with Gasteiger partial charge >= 0.3 is 0 Å². The molecule has 1 aromatic carbocycles. The zero-order valence-electron chi connectivity index (χ0n) is 4.53. The fraction of sp³-hybridized carbons (Fsp3) is 0.143.